The maximum absolute atomic E-state index is 12.3. The first kappa shape index (κ1) is 15.7. The van der Waals surface area contributed by atoms with Crippen molar-refractivity contribution >= 4 is 22.5 Å². The molecule has 0 fully saturated rings. The maximum Gasteiger partial charge on any atom is 0.339 e. The number of fused-ring (bicyclic) bond motifs is 1. The van der Waals surface area contributed by atoms with E-state index < -0.39 is 5.97 Å². The molecular formula is C20H16O4. The zero-order valence-electron chi connectivity index (χ0n) is 13.2. The van der Waals surface area contributed by atoms with E-state index in [0.717, 1.165) is 10.8 Å². The standard InChI is InChI=1S/C20H16O4/c1-23-16-11-9-15(10-12-16)19(21)13-24-20(22)18-8-4-6-14-5-2-3-7-17(14)18/h2-12H,13H2,1H3. The highest BCUT2D eigenvalue weighted by atomic mass is 16.5. The number of ether oxygens (including phenoxy) is 2. The van der Waals surface area contributed by atoms with Crippen LogP contribution in [0.5, 0.6) is 5.75 Å². The van der Waals surface area contributed by atoms with Gasteiger partial charge in [0.15, 0.2) is 12.4 Å². The Labute approximate surface area is 139 Å². The lowest BCUT2D eigenvalue weighted by atomic mass is 10.0. The predicted molar refractivity (Wildman–Crippen MR) is 91.6 cm³/mol. The van der Waals surface area contributed by atoms with Gasteiger partial charge in [0.05, 0.1) is 12.7 Å². The zero-order valence-corrected chi connectivity index (χ0v) is 13.2. The number of carbonyl (C=O) groups is 2. The fraction of sp³-hybridized carbons (Fsp3) is 0.100. The third-order valence-electron chi connectivity index (χ3n) is 3.76. The molecule has 0 heterocycles. The van der Waals surface area contributed by atoms with Gasteiger partial charge in [-0.15, -0.1) is 0 Å². The molecule has 0 saturated heterocycles. The monoisotopic (exact) mass is 320 g/mol. The number of esters is 1. The van der Waals surface area contributed by atoms with Crippen molar-refractivity contribution in [2.45, 2.75) is 0 Å². The van der Waals surface area contributed by atoms with Crippen LogP contribution >= 0.6 is 0 Å². The summed E-state index contributed by atoms with van der Waals surface area (Å²) in [4.78, 5) is 24.4. The lowest BCUT2D eigenvalue weighted by Crippen LogP contribution is -2.14. The largest absolute Gasteiger partial charge is 0.497 e. The number of hydrogen-bond acceptors (Lipinski definition) is 4. The molecule has 0 aliphatic heterocycles. The van der Waals surface area contributed by atoms with Crippen LogP contribution in [0.1, 0.15) is 20.7 Å². The molecule has 0 saturated carbocycles. The number of Topliss-reactive ketones (excluding diaryl/α,β-unsaturated/α-hetero) is 1. The Kier molecular flexibility index (Phi) is 4.57. The van der Waals surface area contributed by atoms with Crippen LogP contribution in [0.15, 0.2) is 66.7 Å². The molecule has 3 rings (SSSR count). The van der Waals surface area contributed by atoms with Gasteiger partial charge in [0.25, 0.3) is 0 Å². The first-order chi connectivity index (χ1) is 11.7. The van der Waals surface area contributed by atoms with Crippen molar-refractivity contribution in [3.8, 4) is 5.75 Å². The second-order valence-electron chi connectivity index (χ2n) is 5.25. The first-order valence-electron chi connectivity index (χ1n) is 7.51. The van der Waals surface area contributed by atoms with E-state index in [1.807, 2.05) is 30.3 Å². The third-order valence-corrected chi connectivity index (χ3v) is 3.76. The van der Waals surface area contributed by atoms with Gasteiger partial charge in [-0.25, -0.2) is 4.79 Å². The number of ketones is 1. The van der Waals surface area contributed by atoms with Crippen molar-refractivity contribution in [2.24, 2.45) is 0 Å². The van der Waals surface area contributed by atoms with Crippen LogP contribution in [0, 0.1) is 0 Å². The normalized spacial score (nSPS) is 10.4. The Morgan fingerprint density at radius 3 is 2.33 bits per heavy atom. The summed E-state index contributed by atoms with van der Waals surface area (Å²) >= 11 is 0. The van der Waals surface area contributed by atoms with Gasteiger partial charge in [-0.1, -0.05) is 36.4 Å². The first-order valence-corrected chi connectivity index (χ1v) is 7.51. The highest BCUT2D eigenvalue weighted by molar-refractivity contribution is 6.05. The molecule has 0 unspecified atom stereocenters. The minimum absolute atomic E-state index is 0.258. The summed E-state index contributed by atoms with van der Waals surface area (Å²) in [5.74, 6) is -0.0980. The van der Waals surface area contributed by atoms with Crippen LogP contribution in [0.2, 0.25) is 0 Å². The Morgan fingerprint density at radius 1 is 0.875 bits per heavy atom. The predicted octanol–water partition coefficient (Wildman–Crippen LogP) is 3.89. The molecule has 0 N–H and O–H groups in total. The lowest BCUT2D eigenvalue weighted by Gasteiger charge is -2.07. The molecule has 0 atom stereocenters. The molecule has 0 bridgehead atoms. The van der Waals surface area contributed by atoms with Crippen LogP contribution < -0.4 is 4.74 Å². The third kappa shape index (κ3) is 3.27. The minimum atomic E-state index is -0.506. The second-order valence-corrected chi connectivity index (χ2v) is 5.25. The summed E-state index contributed by atoms with van der Waals surface area (Å²) < 4.78 is 10.2. The van der Waals surface area contributed by atoms with Crippen LogP contribution in [0.25, 0.3) is 10.8 Å². The zero-order chi connectivity index (χ0) is 16.9. The van der Waals surface area contributed by atoms with Crippen LogP contribution in [-0.2, 0) is 4.74 Å². The van der Waals surface area contributed by atoms with E-state index in [1.54, 1.807) is 43.5 Å². The summed E-state index contributed by atoms with van der Waals surface area (Å²) in [6.07, 6.45) is 0. The van der Waals surface area contributed by atoms with E-state index in [4.69, 9.17) is 9.47 Å². The summed E-state index contributed by atoms with van der Waals surface area (Å²) in [6, 6.07) is 19.7. The van der Waals surface area contributed by atoms with Gasteiger partial charge in [-0.05, 0) is 41.1 Å². The fourth-order valence-corrected chi connectivity index (χ4v) is 2.47. The summed E-state index contributed by atoms with van der Waals surface area (Å²) in [7, 11) is 1.56. The van der Waals surface area contributed by atoms with Crippen molar-refractivity contribution in [3.63, 3.8) is 0 Å². The maximum atomic E-state index is 12.3. The SMILES string of the molecule is COc1ccc(C(=O)COC(=O)c2cccc3ccccc23)cc1. The molecule has 0 amide bonds. The van der Waals surface area contributed by atoms with E-state index in [0.29, 0.717) is 16.9 Å². The van der Waals surface area contributed by atoms with Gasteiger partial charge in [0, 0.05) is 5.56 Å². The van der Waals surface area contributed by atoms with Crippen molar-refractivity contribution in [3.05, 3.63) is 77.9 Å². The second kappa shape index (κ2) is 6.96. The topological polar surface area (TPSA) is 52.6 Å². The molecule has 0 aromatic heterocycles. The molecule has 0 radical (unpaired) electrons. The van der Waals surface area contributed by atoms with E-state index in [2.05, 4.69) is 0 Å². The highest BCUT2D eigenvalue weighted by Crippen LogP contribution is 2.19. The average Bonchev–Trinajstić information content (AvgIpc) is 2.65. The smallest absolute Gasteiger partial charge is 0.339 e. The number of methoxy groups -OCH3 is 1. The fourth-order valence-electron chi connectivity index (χ4n) is 2.47. The molecule has 3 aromatic rings. The summed E-state index contributed by atoms with van der Waals surface area (Å²) in [5, 5.41) is 1.76. The highest BCUT2D eigenvalue weighted by Gasteiger charge is 2.14. The molecule has 0 aliphatic carbocycles. The molecule has 0 spiro atoms. The van der Waals surface area contributed by atoms with E-state index >= 15 is 0 Å². The molecule has 4 heteroatoms. The molecule has 24 heavy (non-hydrogen) atoms. The van der Waals surface area contributed by atoms with E-state index in [9.17, 15) is 9.59 Å². The number of benzene rings is 3. The number of hydrogen-bond donors (Lipinski definition) is 0. The Hall–Kier alpha value is -3.14. The van der Waals surface area contributed by atoms with Crippen molar-refractivity contribution in [1.29, 1.82) is 0 Å². The number of rotatable bonds is 5. The Morgan fingerprint density at radius 2 is 1.58 bits per heavy atom. The lowest BCUT2D eigenvalue weighted by molar-refractivity contribution is 0.0476. The molecule has 4 nitrogen and oxygen atoms in total. The Bertz CT molecular complexity index is 876. The average molecular weight is 320 g/mol. The molecule has 120 valence electrons. The van der Waals surface area contributed by atoms with Gasteiger partial charge in [0.2, 0.25) is 0 Å². The number of carbonyl (C=O) groups excluding carboxylic acids is 2. The van der Waals surface area contributed by atoms with Gasteiger partial charge in [-0.2, -0.15) is 0 Å². The van der Waals surface area contributed by atoms with Crippen LogP contribution in [0.4, 0.5) is 0 Å². The van der Waals surface area contributed by atoms with Crippen molar-refractivity contribution < 1.29 is 19.1 Å². The van der Waals surface area contributed by atoms with Crippen LogP contribution in [0.3, 0.4) is 0 Å². The van der Waals surface area contributed by atoms with E-state index in [-0.39, 0.29) is 12.4 Å². The summed E-state index contributed by atoms with van der Waals surface area (Å²) in [5.41, 5.74) is 0.928. The van der Waals surface area contributed by atoms with Crippen molar-refractivity contribution in [1.82, 2.24) is 0 Å². The quantitative estimate of drug-likeness (QED) is 0.529. The summed E-state index contributed by atoms with van der Waals surface area (Å²) in [6.45, 7) is -0.297. The van der Waals surface area contributed by atoms with Crippen molar-refractivity contribution in [2.75, 3.05) is 13.7 Å². The van der Waals surface area contributed by atoms with Gasteiger partial charge >= 0.3 is 5.97 Å². The van der Waals surface area contributed by atoms with Crippen LogP contribution in [-0.4, -0.2) is 25.5 Å². The molecular weight excluding hydrogens is 304 g/mol. The van der Waals surface area contributed by atoms with Gasteiger partial charge in [0.1, 0.15) is 5.75 Å². The minimum Gasteiger partial charge on any atom is -0.497 e. The molecule has 0 aliphatic rings. The van der Waals surface area contributed by atoms with E-state index in [1.165, 1.54) is 0 Å². The Balaban J connectivity index is 1.71. The van der Waals surface area contributed by atoms with Gasteiger partial charge < -0.3 is 9.47 Å². The molecule has 3 aromatic carbocycles. The van der Waals surface area contributed by atoms with Gasteiger partial charge in [-0.3, -0.25) is 4.79 Å².